The molecular weight excluding hydrogens is 204 g/mol. The van der Waals surface area contributed by atoms with Gasteiger partial charge in [0.15, 0.2) is 0 Å². The van der Waals surface area contributed by atoms with Gasteiger partial charge in [-0.1, -0.05) is 36.4 Å². The molecule has 4 heteroatoms. The number of aliphatic hydroxyl groups is 2. The molecule has 1 unspecified atom stereocenters. The maximum absolute atomic E-state index is 9.73. The second kappa shape index (κ2) is 3.75. The lowest BCUT2D eigenvalue weighted by Gasteiger charge is -2.34. The number of benzene rings is 1. The van der Waals surface area contributed by atoms with Gasteiger partial charge in [0, 0.05) is 0 Å². The molecule has 1 aliphatic rings. The molecule has 0 radical (unpaired) electrons. The molecule has 6 N–H and O–H groups in total. The molecule has 0 spiro atoms. The van der Waals surface area contributed by atoms with Crippen LogP contribution in [0.25, 0.3) is 5.57 Å². The summed E-state index contributed by atoms with van der Waals surface area (Å²) in [5.74, 6) is -0.218. The molecule has 1 aromatic rings. The van der Waals surface area contributed by atoms with E-state index in [1.54, 1.807) is 6.08 Å². The minimum absolute atomic E-state index is 0.218. The van der Waals surface area contributed by atoms with E-state index in [0.717, 1.165) is 5.56 Å². The average Bonchev–Trinajstić information content (AvgIpc) is 2.27. The molecule has 0 fully saturated rings. The SMILES string of the molecule is NC1(N)C(c2ccccc2)=CC=C(O)C1O. The number of hydrogen-bond donors (Lipinski definition) is 4. The smallest absolute Gasteiger partial charge is 0.146 e. The van der Waals surface area contributed by atoms with Crippen molar-refractivity contribution in [2.24, 2.45) is 11.5 Å². The number of aliphatic hydroxyl groups excluding tert-OH is 2. The zero-order valence-corrected chi connectivity index (χ0v) is 8.67. The van der Waals surface area contributed by atoms with Crippen LogP contribution < -0.4 is 11.5 Å². The van der Waals surface area contributed by atoms with Gasteiger partial charge in [0.25, 0.3) is 0 Å². The fourth-order valence-electron chi connectivity index (χ4n) is 1.76. The van der Waals surface area contributed by atoms with Crippen molar-refractivity contribution < 1.29 is 10.2 Å². The highest BCUT2D eigenvalue weighted by molar-refractivity contribution is 5.76. The first-order valence-corrected chi connectivity index (χ1v) is 4.96. The van der Waals surface area contributed by atoms with Crippen molar-refractivity contribution in [1.82, 2.24) is 0 Å². The fourth-order valence-corrected chi connectivity index (χ4v) is 1.76. The summed E-state index contributed by atoms with van der Waals surface area (Å²) in [4.78, 5) is 0. The van der Waals surface area contributed by atoms with E-state index in [2.05, 4.69) is 0 Å². The molecule has 0 amide bonds. The third-order valence-electron chi connectivity index (χ3n) is 2.70. The van der Waals surface area contributed by atoms with Gasteiger partial charge in [0.05, 0.1) is 0 Å². The molecule has 0 bridgehead atoms. The van der Waals surface area contributed by atoms with Gasteiger partial charge in [-0.15, -0.1) is 0 Å². The van der Waals surface area contributed by atoms with E-state index < -0.39 is 11.8 Å². The fraction of sp³-hybridized carbons (Fsp3) is 0.167. The molecule has 0 aliphatic heterocycles. The Bertz CT molecular complexity index is 449. The molecule has 0 aromatic heterocycles. The summed E-state index contributed by atoms with van der Waals surface area (Å²) >= 11 is 0. The van der Waals surface area contributed by atoms with Crippen LogP contribution in [-0.4, -0.2) is 22.0 Å². The van der Waals surface area contributed by atoms with E-state index in [4.69, 9.17) is 11.5 Å². The zero-order chi connectivity index (χ0) is 11.8. The van der Waals surface area contributed by atoms with E-state index in [0.29, 0.717) is 5.57 Å². The molecule has 0 heterocycles. The lowest BCUT2D eigenvalue weighted by Crippen LogP contribution is -2.61. The van der Waals surface area contributed by atoms with Crippen molar-refractivity contribution in [3.05, 3.63) is 53.8 Å². The summed E-state index contributed by atoms with van der Waals surface area (Å²) < 4.78 is 0. The van der Waals surface area contributed by atoms with E-state index in [1.165, 1.54) is 6.08 Å². The van der Waals surface area contributed by atoms with Gasteiger partial charge in [0.2, 0.25) is 0 Å². The first-order valence-electron chi connectivity index (χ1n) is 4.96. The molecular formula is C12H14N2O2. The van der Waals surface area contributed by atoms with Crippen molar-refractivity contribution in [3.63, 3.8) is 0 Å². The third kappa shape index (κ3) is 1.63. The third-order valence-corrected chi connectivity index (χ3v) is 2.70. The predicted molar refractivity (Wildman–Crippen MR) is 62.2 cm³/mol. The highest BCUT2D eigenvalue weighted by atomic mass is 16.3. The molecule has 84 valence electrons. The van der Waals surface area contributed by atoms with Crippen molar-refractivity contribution in [2.45, 2.75) is 11.8 Å². The van der Waals surface area contributed by atoms with Gasteiger partial charge in [-0.05, 0) is 17.2 Å². The van der Waals surface area contributed by atoms with E-state index in [9.17, 15) is 10.2 Å². The van der Waals surface area contributed by atoms with Gasteiger partial charge >= 0.3 is 0 Å². The molecule has 0 saturated heterocycles. The number of hydrogen-bond acceptors (Lipinski definition) is 4. The Morgan fingerprint density at radius 1 is 1.06 bits per heavy atom. The Morgan fingerprint density at radius 3 is 2.31 bits per heavy atom. The minimum Gasteiger partial charge on any atom is -0.509 e. The van der Waals surface area contributed by atoms with Crippen LogP contribution in [-0.2, 0) is 0 Å². The Hall–Kier alpha value is -1.62. The molecule has 1 atom stereocenters. The standard InChI is InChI=1S/C12H14N2O2/c13-12(14)9(6-7-10(15)11(12)16)8-4-2-1-3-5-8/h1-7,11,15-16H,13-14H2. The largest absolute Gasteiger partial charge is 0.509 e. The quantitative estimate of drug-likeness (QED) is 0.516. The molecule has 4 nitrogen and oxygen atoms in total. The van der Waals surface area contributed by atoms with Gasteiger partial charge in [-0.2, -0.15) is 0 Å². The summed E-state index contributed by atoms with van der Waals surface area (Å²) in [5.41, 5.74) is 11.6. The Labute approximate surface area is 93.5 Å². The summed E-state index contributed by atoms with van der Waals surface area (Å²) in [6.07, 6.45) is 1.75. The predicted octanol–water partition coefficient (Wildman–Crippen LogP) is 0.500. The van der Waals surface area contributed by atoms with Crippen LogP contribution >= 0.6 is 0 Å². The van der Waals surface area contributed by atoms with Crippen molar-refractivity contribution >= 4 is 5.57 Å². The monoisotopic (exact) mass is 218 g/mol. The topological polar surface area (TPSA) is 92.5 Å². The number of rotatable bonds is 1. The lowest BCUT2D eigenvalue weighted by molar-refractivity contribution is 0.103. The van der Waals surface area contributed by atoms with Crippen LogP contribution in [0.4, 0.5) is 0 Å². The molecule has 16 heavy (non-hydrogen) atoms. The Kier molecular flexibility index (Phi) is 2.55. The maximum atomic E-state index is 9.73. The summed E-state index contributed by atoms with van der Waals surface area (Å²) in [5, 5.41) is 19.1. The van der Waals surface area contributed by atoms with Crippen LogP contribution in [0.5, 0.6) is 0 Å². The first kappa shape index (κ1) is 10.9. The number of allylic oxidation sites excluding steroid dienone is 2. The van der Waals surface area contributed by atoms with Crippen LogP contribution in [0.3, 0.4) is 0 Å². The van der Waals surface area contributed by atoms with Gasteiger partial charge < -0.3 is 21.7 Å². The van der Waals surface area contributed by atoms with E-state index >= 15 is 0 Å². The zero-order valence-electron chi connectivity index (χ0n) is 8.67. The van der Waals surface area contributed by atoms with E-state index in [1.807, 2.05) is 30.3 Å². The second-order valence-corrected chi connectivity index (χ2v) is 3.87. The van der Waals surface area contributed by atoms with Crippen molar-refractivity contribution in [2.75, 3.05) is 0 Å². The summed E-state index contributed by atoms with van der Waals surface area (Å²) in [6, 6.07) is 9.30. The minimum atomic E-state index is -1.47. The average molecular weight is 218 g/mol. The molecule has 2 rings (SSSR count). The van der Waals surface area contributed by atoms with Crippen LogP contribution in [0.1, 0.15) is 5.56 Å². The van der Waals surface area contributed by atoms with Crippen LogP contribution in [0.2, 0.25) is 0 Å². The summed E-state index contributed by atoms with van der Waals surface area (Å²) in [7, 11) is 0. The molecule has 1 aromatic carbocycles. The second-order valence-electron chi connectivity index (χ2n) is 3.87. The first-order chi connectivity index (χ1) is 7.53. The highest BCUT2D eigenvalue weighted by Gasteiger charge is 2.38. The van der Waals surface area contributed by atoms with Gasteiger partial charge in [-0.3, -0.25) is 0 Å². The molecule has 0 saturated carbocycles. The summed E-state index contributed by atoms with van der Waals surface area (Å²) in [6.45, 7) is 0. The highest BCUT2D eigenvalue weighted by Crippen LogP contribution is 2.30. The lowest BCUT2D eigenvalue weighted by atomic mass is 9.85. The normalized spacial score (nSPS) is 23.6. The van der Waals surface area contributed by atoms with Crippen molar-refractivity contribution in [1.29, 1.82) is 0 Å². The maximum Gasteiger partial charge on any atom is 0.146 e. The van der Waals surface area contributed by atoms with E-state index in [-0.39, 0.29) is 5.76 Å². The Morgan fingerprint density at radius 2 is 1.69 bits per heavy atom. The van der Waals surface area contributed by atoms with Crippen LogP contribution in [0.15, 0.2) is 48.2 Å². The van der Waals surface area contributed by atoms with Crippen molar-refractivity contribution in [3.8, 4) is 0 Å². The number of nitrogens with two attached hydrogens (primary N) is 2. The van der Waals surface area contributed by atoms with Gasteiger partial charge in [-0.25, -0.2) is 0 Å². The molecule has 1 aliphatic carbocycles. The van der Waals surface area contributed by atoms with Gasteiger partial charge in [0.1, 0.15) is 17.5 Å². The van der Waals surface area contributed by atoms with Crippen LogP contribution in [0, 0.1) is 0 Å². The Balaban J connectivity index is 2.49.